The van der Waals surface area contributed by atoms with Crippen molar-refractivity contribution in [1.82, 2.24) is 0 Å². The summed E-state index contributed by atoms with van der Waals surface area (Å²) in [6.45, 7) is 0. The summed E-state index contributed by atoms with van der Waals surface area (Å²) in [7, 11) is 0. The van der Waals surface area contributed by atoms with Crippen LogP contribution < -0.4 is 5.73 Å². The molecule has 2 N–H and O–H groups in total. The van der Waals surface area contributed by atoms with Crippen molar-refractivity contribution in [3.8, 4) is 0 Å². The highest BCUT2D eigenvalue weighted by molar-refractivity contribution is 5.78. The Morgan fingerprint density at radius 2 is 2.12 bits per heavy atom. The van der Waals surface area contributed by atoms with Crippen LogP contribution in [0.3, 0.4) is 0 Å². The standard InChI is InChI=1S/C14H16FNO/c15-11-4-5-13-10(6-11)8-14(17-13)9-2-1-3-12(16)7-9/h4-6,8-9,12H,1-3,7,16H2. The number of halogens is 1. The average Bonchev–Trinajstić information content (AvgIpc) is 2.72. The topological polar surface area (TPSA) is 39.2 Å². The first-order chi connectivity index (χ1) is 8.22. The number of furan rings is 1. The van der Waals surface area contributed by atoms with Crippen LogP contribution in [-0.2, 0) is 0 Å². The van der Waals surface area contributed by atoms with E-state index in [1.807, 2.05) is 6.07 Å². The Kier molecular flexibility index (Phi) is 2.63. The predicted octanol–water partition coefficient (Wildman–Crippen LogP) is 3.56. The summed E-state index contributed by atoms with van der Waals surface area (Å²) >= 11 is 0. The van der Waals surface area contributed by atoms with E-state index in [1.54, 1.807) is 6.07 Å². The average molecular weight is 233 g/mol. The minimum absolute atomic E-state index is 0.217. The molecule has 1 aliphatic carbocycles. The predicted molar refractivity (Wildman–Crippen MR) is 65.4 cm³/mol. The zero-order chi connectivity index (χ0) is 11.8. The van der Waals surface area contributed by atoms with E-state index < -0.39 is 0 Å². The third-order valence-electron chi connectivity index (χ3n) is 3.61. The summed E-state index contributed by atoms with van der Waals surface area (Å²) in [4.78, 5) is 0. The van der Waals surface area contributed by atoms with Gasteiger partial charge in [-0.1, -0.05) is 6.42 Å². The van der Waals surface area contributed by atoms with Crippen molar-refractivity contribution in [2.24, 2.45) is 5.73 Å². The molecule has 1 aliphatic rings. The molecule has 2 nitrogen and oxygen atoms in total. The maximum Gasteiger partial charge on any atom is 0.134 e. The molecule has 90 valence electrons. The molecule has 2 atom stereocenters. The molecule has 0 amide bonds. The van der Waals surface area contributed by atoms with Crippen molar-refractivity contribution in [1.29, 1.82) is 0 Å². The zero-order valence-corrected chi connectivity index (χ0v) is 9.66. The van der Waals surface area contributed by atoms with Crippen LogP contribution in [-0.4, -0.2) is 6.04 Å². The normalized spacial score (nSPS) is 25.3. The first-order valence-corrected chi connectivity index (χ1v) is 6.17. The highest BCUT2D eigenvalue weighted by Crippen LogP contribution is 2.35. The molecule has 1 saturated carbocycles. The van der Waals surface area contributed by atoms with E-state index in [9.17, 15) is 4.39 Å². The number of rotatable bonds is 1. The van der Waals surface area contributed by atoms with Gasteiger partial charge in [0.1, 0.15) is 17.2 Å². The quantitative estimate of drug-likeness (QED) is 0.818. The lowest BCUT2D eigenvalue weighted by Gasteiger charge is -2.24. The van der Waals surface area contributed by atoms with Gasteiger partial charge in [0.25, 0.3) is 0 Å². The van der Waals surface area contributed by atoms with Gasteiger partial charge in [-0.15, -0.1) is 0 Å². The lowest BCUT2D eigenvalue weighted by molar-refractivity contribution is 0.352. The highest BCUT2D eigenvalue weighted by Gasteiger charge is 2.23. The van der Waals surface area contributed by atoms with Crippen LogP contribution in [0.1, 0.15) is 37.4 Å². The van der Waals surface area contributed by atoms with Crippen LogP contribution in [0, 0.1) is 5.82 Å². The number of nitrogens with two attached hydrogens (primary N) is 1. The van der Waals surface area contributed by atoms with Gasteiger partial charge >= 0.3 is 0 Å². The zero-order valence-electron chi connectivity index (χ0n) is 9.66. The van der Waals surface area contributed by atoms with Crippen LogP contribution in [0.25, 0.3) is 11.0 Å². The molecular formula is C14H16FNO. The Morgan fingerprint density at radius 3 is 2.94 bits per heavy atom. The second-order valence-corrected chi connectivity index (χ2v) is 4.95. The molecule has 2 aromatic rings. The van der Waals surface area contributed by atoms with Crippen LogP contribution in [0.2, 0.25) is 0 Å². The van der Waals surface area contributed by atoms with Gasteiger partial charge in [0.15, 0.2) is 0 Å². The van der Waals surface area contributed by atoms with E-state index in [4.69, 9.17) is 10.2 Å². The summed E-state index contributed by atoms with van der Waals surface area (Å²) in [5, 5.41) is 0.846. The van der Waals surface area contributed by atoms with Gasteiger partial charge in [0.2, 0.25) is 0 Å². The molecule has 17 heavy (non-hydrogen) atoms. The van der Waals surface area contributed by atoms with Gasteiger partial charge in [0, 0.05) is 17.3 Å². The van der Waals surface area contributed by atoms with Crippen LogP contribution in [0.4, 0.5) is 4.39 Å². The van der Waals surface area contributed by atoms with Crippen LogP contribution >= 0.6 is 0 Å². The fourth-order valence-electron chi connectivity index (χ4n) is 2.72. The van der Waals surface area contributed by atoms with Gasteiger partial charge < -0.3 is 10.2 Å². The fourth-order valence-corrected chi connectivity index (χ4v) is 2.72. The van der Waals surface area contributed by atoms with Gasteiger partial charge in [0.05, 0.1) is 0 Å². The molecule has 3 heteroatoms. The van der Waals surface area contributed by atoms with Gasteiger partial charge in [-0.25, -0.2) is 4.39 Å². The molecule has 1 fully saturated rings. The van der Waals surface area contributed by atoms with Crippen molar-refractivity contribution in [2.45, 2.75) is 37.6 Å². The van der Waals surface area contributed by atoms with Crippen LogP contribution in [0.5, 0.6) is 0 Å². The maximum absolute atomic E-state index is 13.1. The van der Waals surface area contributed by atoms with E-state index in [-0.39, 0.29) is 11.9 Å². The minimum Gasteiger partial charge on any atom is -0.461 e. The molecule has 0 bridgehead atoms. The van der Waals surface area contributed by atoms with E-state index in [0.29, 0.717) is 5.92 Å². The molecule has 0 radical (unpaired) electrons. The SMILES string of the molecule is NC1CCCC(c2cc3cc(F)ccc3o2)C1. The Labute approximate surface area is 99.6 Å². The molecule has 1 aromatic heterocycles. The largest absolute Gasteiger partial charge is 0.461 e. The second-order valence-electron chi connectivity index (χ2n) is 4.95. The molecule has 1 aromatic carbocycles. The lowest BCUT2D eigenvalue weighted by atomic mass is 9.84. The summed E-state index contributed by atoms with van der Waals surface area (Å²) in [5.74, 6) is 1.14. The number of benzene rings is 1. The van der Waals surface area contributed by atoms with Crippen molar-refractivity contribution in [2.75, 3.05) is 0 Å². The minimum atomic E-state index is -0.217. The third kappa shape index (κ3) is 2.07. The molecule has 0 spiro atoms. The Balaban J connectivity index is 1.94. The Morgan fingerprint density at radius 1 is 1.24 bits per heavy atom. The van der Waals surface area contributed by atoms with Crippen molar-refractivity contribution < 1.29 is 8.81 Å². The Bertz CT molecular complexity index is 534. The number of hydrogen-bond acceptors (Lipinski definition) is 2. The summed E-state index contributed by atoms with van der Waals surface area (Å²) < 4.78 is 18.9. The summed E-state index contributed by atoms with van der Waals surface area (Å²) in [6, 6.07) is 6.88. The fraction of sp³-hybridized carbons (Fsp3) is 0.429. The summed E-state index contributed by atoms with van der Waals surface area (Å²) in [5.41, 5.74) is 6.74. The van der Waals surface area contributed by atoms with E-state index in [1.165, 1.54) is 12.1 Å². The van der Waals surface area contributed by atoms with Gasteiger partial charge in [-0.05, 0) is 43.5 Å². The van der Waals surface area contributed by atoms with Crippen molar-refractivity contribution in [3.63, 3.8) is 0 Å². The smallest absolute Gasteiger partial charge is 0.134 e. The van der Waals surface area contributed by atoms with Crippen molar-refractivity contribution in [3.05, 3.63) is 35.8 Å². The molecule has 1 heterocycles. The Hall–Kier alpha value is -1.35. The molecule has 0 aliphatic heterocycles. The first kappa shape index (κ1) is 10.8. The molecular weight excluding hydrogens is 217 g/mol. The summed E-state index contributed by atoms with van der Waals surface area (Å²) in [6.07, 6.45) is 4.35. The van der Waals surface area contributed by atoms with E-state index >= 15 is 0 Å². The number of fused-ring (bicyclic) bond motifs is 1. The molecule has 2 unspecified atom stereocenters. The van der Waals surface area contributed by atoms with Crippen LogP contribution in [0.15, 0.2) is 28.7 Å². The lowest BCUT2D eigenvalue weighted by Crippen LogP contribution is -2.26. The molecule has 0 saturated heterocycles. The third-order valence-corrected chi connectivity index (χ3v) is 3.61. The highest BCUT2D eigenvalue weighted by atomic mass is 19.1. The van der Waals surface area contributed by atoms with Gasteiger partial charge in [-0.2, -0.15) is 0 Å². The maximum atomic E-state index is 13.1. The molecule has 3 rings (SSSR count). The van der Waals surface area contributed by atoms with E-state index in [2.05, 4.69) is 0 Å². The number of hydrogen-bond donors (Lipinski definition) is 1. The van der Waals surface area contributed by atoms with Gasteiger partial charge in [-0.3, -0.25) is 0 Å². The monoisotopic (exact) mass is 233 g/mol. The van der Waals surface area contributed by atoms with E-state index in [0.717, 1.165) is 42.4 Å². The first-order valence-electron chi connectivity index (χ1n) is 6.17. The van der Waals surface area contributed by atoms with Crippen molar-refractivity contribution >= 4 is 11.0 Å². The second kappa shape index (κ2) is 4.15.